The van der Waals surface area contributed by atoms with Gasteiger partial charge in [-0.2, -0.15) is 0 Å². The van der Waals surface area contributed by atoms with Crippen molar-refractivity contribution in [1.29, 1.82) is 0 Å². The summed E-state index contributed by atoms with van der Waals surface area (Å²) < 4.78 is 10.9. The molecule has 3 aromatic rings. The van der Waals surface area contributed by atoms with E-state index in [1.165, 1.54) is 0 Å². The fourth-order valence-corrected chi connectivity index (χ4v) is 5.00. The number of rotatable bonds is 10. The smallest absolute Gasteiger partial charge is 0.242 e. The van der Waals surface area contributed by atoms with E-state index in [1.807, 2.05) is 91.7 Å². The van der Waals surface area contributed by atoms with Crippen LogP contribution in [-0.2, 0) is 22.7 Å². The molecule has 0 aliphatic carbocycles. The molecule has 1 aliphatic rings. The molecule has 35 heavy (non-hydrogen) atoms. The molecule has 0 fully saturated rings. The fourth-order valence-electron chi connectivity index (χ4n) is 4.28. The third kappa shape index (κ3) is 6.03. The number of carbonyl (C=O) groups excluding carboxylic acids is 2. The zero-order valence-electron chi connectivity index (χ0n) is 20.5. The van der Waals surface area contributed by atoms with Crippen molar-refractivity contribution in [2.75, 3.05) is 13.3 Å². The highest BCUT2D eigenvalue weighted by atomic mass is 32.1. The normalized spacial score (nSPS) is 13.0. The highest BCUT2D eigenvalue weighted by molar-refractivity contribution is 7.09. The molecule has 0 spiro atoms. The predicted molar refractivity (Wildman–Crippen MR) is 137 cm³/mol. The Hall–Kier alpha value is -3.32. The molecule has 0 saturated carbocycles. The molecular weight excluding hydrogens is 460 g/mol. The lowest BCUT2D eigenvalue weighted by Crippen LogP contribution is -2.47. The zero-order valence-corrected chi connectivity index (χ0v) is 21.3. The van der Waals surface area contributed by atoms with E-state index in [0.717, 1.165) is 16.0 Å². The number of hydrogen-bond acceptors (Lipinski definition) is 5. The van der Waals surface area contributed by atoms with Crippen LogP contribution in [0.5, 0.6) is 11.5 Å². The predicted octanol–water partition coefficient (Wildman–Crippen LogP) is 5.44. The first-order chi connectivity index (χ1) is 17.0. The average Bonchev–Trinajstić information content (AvgIpc) is 3.54. The van der Waals surface area contributed by atoms with Gasteiger partial charge in [0.15, 0.2) is 11.5 Å². The molecule has 0 bridgehead atoms. The van der Waals surface area contributed by atoms with Crippen LogP contribution in [0.15, 0.2) is 66.0 Å². The number of carbonyl (C=O) groups is 2. The largest absolute Gasteiger partial charge is 0.454 e. The van der Waals surface area contributed by atoms with Gasteiger partial charge in [0.05, 0.1) is 12.5 Å². The van der Waals surface area contributed by atoms with Gasteiger partial charge in [-0.15, -0.1) is 11.3 Å². The zero-order chi connectivity index (χ0) is 24.8. The highest BCUT2D eigenvalue weighted by Gasteiger charge is 2.29. The first kappa shape index (κ1) is 24.8. The Kier molecular flexibility index (Phi) is 8.08. The number of amides is 2. The van der Waals surface area contributed by atoms with Crippen molar-refractivity contribution in [3.8, 4) is 11.5 Å². The summed E-state index contributed by atoms with van der Waals surface area (Å²) in [7, 11) is 0. The Bertz CT molecular complexity index is 1130. The molecule has 1 atom stereocenters. The third-order valence-electron chi connectivity index (χ3n) is 6.21. The van der Waals surface area contributed by atoms with Crippen LogP contribution in [-0.4, -0.2) is 41.0 Å². The minimum atomic E-state index is -0.272. The molecule has 6 nitrogen and oxygen atoms in total. The fraction of sp³-hybridized carbons (Fsp3) is 0.357. The van der Waals surface area contributed by atoms with Crippen LogP contribution >= 0.6 is 11.3 Å². The molecule has 4 rings (SSSR count). The summed E-state index contributed by atoms with van der Waals surface area (Å²) in [5, 5.41) is 2.01. The van der Waals surface area contributed by atoms with E-state index in [-0.39, 0.29) is 37.1 Å². The molecule has 2 aromatic carbocycles. The lowest BCUT2D eigenvalue weighted by Gasteiger charge is -2.32. The van der Waals surface area contributed by atoms with Gasteiger partial charge >= 0.3 is 0 Å². The second kappa shape index (κ2) is 11.4. The van der Waals surface area contributed by atoms with Crippen molar-refractivity contribution in [3.63, 3.8) is 0 Å². The monoisotopic (exact) mass is 492 g/mol. The van der Waals surface area contributed by atoms with Gasteiger partial charge in [0.25, 0.3) is 0 Å². The maximum Gasteiger partial charge on any atom is 0.242 e. The van der Waals surface area contributed by atoms with Crippen LogP contribution in [0.1, 0.15) is 49.1 Å². The van der Waals surface area contributed by atoms with Crippen molar-refractivity contribution in [3.05, 3.63) is 82.0 Å². The maximum atomic E-state index is 13.7. The Labute approximate surface area is 211 Å². The van der Waals surface area contributed by atoms with Crippen LogP contribution in [0.3, 0.4) is 0 Å². The van der Waals surface area contributed by atoms with E-state index < -0.39 is 0 Å². The van der Waals surface area contributed by atoms with E-state index in [0.29, 0.717) is 31.0 Å². The number of benzene rings is 2. The summed E-state index contributed by atoms with van der Waals surface area (Å²) in [5.41, 5.74) is 1.94. The van der Waals surface area contributed by atoms with Crippen molar-refractivity contribution in [2.24, 2.45) is 0 Å². The van der Waals surface area contributed by atoms with Gasteiger partial charge in [0, 0.05) is 17.5 Å². The summed E-state index contributed by atoms with van der Waals surface area (Å²) in [6.45, 7) is 7.09. The molecule has 184 valence electrons. The van der Waals surface area contributed by atoms with Crippen molar-refractivity contribution in [2.45, 2.75) is 52.2 Å². The van der Waals surface area contributed by atoms with Crippen LogP contribution in [0.25, 0.3) is 0 Å². The Balaban J connectivity index is 1.54. The molecule has 1 unspecified atom stereocenters. The molecule has 7 heteroatoms. The van der Waals surface area contributed by atoms with Crippen LogP contribution in [0, 0.1) is 0 Å². The number of ether oxygens (including phenoxy) is 2. The molecule has 0 radical (unpaired) electrons. The van der Waals surface area contributed by atoms with Crippen LogP contribution in [0.4, 0.5) is 0 Å². The minimum Gasteiger partial charge on any atom is -0.454 e. The second-order valence-corrected chi connectivity index (χ2v) is 9.98. The van der Waals surface area contributed by atoms with Gasteiger partial charge in [-0.1, -0.05) is 49.4 Å². The summed E-state index contributed by atoms with van der Waals surface area (Å²) in [4.78, 5) is 31.9. The van der Waals surface area contributed by atoms with Crippen LogP contribution < -0.4 is 9.47 Å². The highest BCUT2D eigenvalue weighted by Crippen LogP contribution is 2.33. The first-order valence-electron chi connectivity index (χ1n) is 12.0. The van der Waals surface area contributed by atoms with Crippen LogP contribution in [0.2, 0.25) is 0 Å². The van der Waals surface area contributed by atoms with Crippen molar-refractivity contribution in [1.82, 2.24) is 9.80 Å². The summed E-state index contributed by atoms with van der Waals surface area (Å²) in [6, 6.07) is 19.5. The summed E-state index contributed by atoms with van der Waals surface area (Å²) in [5.74, 6) is 1.04. The number of thiophene rings is 1. The topological polar surface area (TPSA) is 59.1 Å². The summed E-state index contributed by atoms with van der Waals surface area (Å²) in [6.07, 6.45) is 0.677. The number of fused-ring (bicyclic) bond motifs is 1. The summed E-state index contributed by atoms with van der Waals surface area (Å²) >= 11 is 1.62. The van der Waals surface area contributed by atoms with E-state index in [9.17, 15) is 9.59 Å². The number of nitrogens with zero attached hydrogens (tertiary/aromatic N) is 2. The molecule has 2 amide bonds. The molecule has 1 aromatic heterocycles. The van der Waals surface area contributed by atoms with Crippen molar-refractivity contribution >= 4 is 23.2 Å². The SMILES string of the molecule is CCC(C(=O)N(CC(=O)N(Cc1ccc2c(c1)OCO2)Cc1cccs1)C(C)C)c1ccccc1. The minimum absolute atomic E-state index is 0.0128. The third-order valence-corrected chi connectivity index (χ3v) is 7.07. The quantitative estimate of drug-likeness (QED) is 0.378. The Morgan fingerprint density at radius 2 is 1.74 bits per heavy atom. The second-order valence-electron chi connectivity index (χ2n) is 8.95. The molecule has 0 saturated heterocycles. The van der Waals surface area contributed by atoms with Gasteiger partial charge < -0.3 is 19.3 Å². The molecule has 1 aliphatic heterocycles. The maximum absolute atomic E-state index is 13.7. The standard InChI is InChI=1S/C28H32N2O4S/c1-4-24(22-9-6-5-7-10-22)28(32)30(20(2)3)18-27(31)29(17-23-11-8-14-35-23)16-21-12-13-25-26(15-21)34-19-33-25/h5-15,20,24H,4,16-19H2,1-3H3. The lowest BCUT2D eigenvalue weighted by atomic mass is 9.94. The Morgan fingerprint density at radius 3 is 2.43 bits per heavy atom. The van der Waals surface area contributed by atoms with Gasteiger partial charge in [0.1, 0.15) is 6.54 Å². The molecular formula is C28H32N2O4S. The average molecular weight is 493 g/mol. The Morgan fingerprint density at radius 1 is 0.971 bits per heavy atom. The lowest BCUT2D eigenvalue weighted by molar-refractivity contribution is -0.143. The van der Waals surface area contributed by atoms with Crippen molar-refractivity contribution < 1.29 is 19.1 Å². The molecule has 0 N–H and O–H groups in total. The van der Waals surface area contributed by atoms with Gasteiger partial charge in [-0.3, -0.25) is 9.59 Å². The molecule has 2 heterocycles. The van der Waals surface area contributed by atoms with Gasteiger partial charge in [0.2, 0.25) is 18.6 Å². The van der Waals surface area contributed by atoms with E-state index in [1.54, 1.807) is 16.2 Å². The first-order valence-corrected chi connectivity index (χ1v) is 12.9. The van der Waals surface area contributed by atoms with E-state index in [4.69, 9.17) is 9.47 Å². The van der Waals surface area contributed by atoms with Gasteiger partial charge in [-0.05, 0) is 55.0 Å². The van der Waals surface area contributed by atoms with E-state index >= 15 is 0 Å². The van der Waals surface area contributed by atoms with Gasteiger partial charge in [-0.25, -0.2) is 0 Å². The number of hydrogen-bond donors (Lipinski definition) is 0. The van der Waals surface area contributed by atoms with E-state index in [2.05, 4.69) is 0 Å².